The molecule has 4 rings (SSSR count). The van der Waals surface area contributed by atoms with Crippen LogP contribution in [0, 0.1) is 0 Å². The van der Waals surface area contributed by atoms with Crippen LogP contribution in [0.2, 0.25) is 0 Å². The average Bonchev–Trinajstić information content (AvgIpc) is 3.12. The highest BCUT2D eigenvalue weighted by Crippen LogP contribution is 2.27. The zero-order valence-corrected chi connectivity index (χ0v) is 16.6. The molecule has 0 aliphatic rings. The number of rotatable bonds is 6. The fourth-order valence-corrected chi connectivity index (χ4v) is 3.46. The van der Waals surface area contributed by atoms with Crippen LogP contribution in [0.25, 0.3) is 22.4 Å². The maximum absolute atomic E-state index is 11.3. The van der Waals surface area contributed by atoms with E-state index < -0.39 is 16.0 Å². The molecule has 0 fully saturated rings. The monoisotopic (exact) mass is 423 g/mol. The maximum atomic E-state index is 11.3. The lowest BCUT2D eigenvalue weighted by molar-refractivity contribution is 0.0697. The first kappa shape index (κ1) is 19.5. The summed E-state index contributed by atoms with van der Waals surface area (Å²) in [5.41, 5.74) is 2.78. The molecule has 3 aromatic carbocycles. The molecule has 0 bridgehead atoms. The van der Waals surface area contributed by atoms with Gasteiger partial charge in [0.05, 0.1) is 22.9 Å². The van der Waals surface area contributed by atoms with E-state index in [0.717, 1.165) is 17.3 Å². The van der Waals surface area contributed by atoms with Crippen molar-refractivity contribution in [1.82, 2.24) is 9.97 Å². The number of hydrogen-bond donors (Lipinski definition) is 3. The fraction of sp³-hybridized carbons (Fsp3) is 0.0476. The van der Waals surface area contributed by atoms with Gasteiger partial charge < -0.3 is 14.8 Å². The fourth-order valence-electron chi connectivity index (χ4n) is 2.90. The SMILES string of the molecule is CS(=O)(=O)Nc1ccc(Oc2ccc(-c3nc4cc(C(=O)O)ccc4[nH]3)cc2)cc1. The summed E-state index contributed by atoms with van der Waals surface area (Å²) in [7, 11) is -3.33. The molecule has 3 N–H and O–H groups in total. The molecule has 0 aliphatic carbocycles. The Labute approximate surface area is 172 Å². The number of carboxylic acid groups (broad SMARTS) is 1. The lowest BCUT2D eigenvalue weighted by atomic mass is 10.2. The Morgan fingerprint density at radius 1 is 1.00 bits per heavy atom. The van der Waals surface area contributed by atoms with Crippen LogP contribution >= 0.6 is 0 Å². The number of carbonyl (C=O) groups is 1. The maximum Gasteiger partial charge on any atom is 0.335 e. The van der Waals surface area contributed by atoms with Gasteiger partial charge >= 0.3 is 5.97 Å². The van der Waals surface area contributed by atoms with Gasteiger partial charge in [0.15, 0.2) is 0 Å². The normalized spacial score (nSPS) is 11.4. The Hall–Kier alpha value is -3.85. The number of sulfonamides is 1. The van der Waals surface area contributed by atoms with E-state index in [2.05, 4.69) is 14.7 Å². The number of aromatic carboxylic acids is 1. The van der Waals surface area contributed by atoms with Gasteiger partial charge in [-0.05, 0) is 66.7 Å². The third-order valence-corrected chi connectivity index (χ3v) is 4.86. The number of imidazole rings is 1. The van der Waals surface area contributed by atoms with Crippen molar-refractivity contribution in [3.05, 3.63) is 72.3 Å². The molecule has 0 amide bonds. The van der Waals surface area contributed by atoms with Gasteiger partial charge in [-0.1, -0.05) is 0 Å². The summed E-state index contributed by atoms with van der Waals surface area (Å²) in [6, 6.07) is 18.6. The van der Waals surface area contributed by atoms with Gasteiger partial charge in [0, 0.05) is 11.3 Å². The first-order chi connectivity index (χ1) is 14.3. The van der Waals surface area contributed by atoms with Gasteiger partial charge in [0.1, 0.15) is 17.3 Å². The number of fused-ring (bicyclic) bond motifs is 1. The minimum Gasteiger partial charge on any atom is -0.478 e. The standard InChI is InChI=1S/C21H17N3O5S/c1-30(27,28)24-15-5-9-17(10-6-15)29-16-7-2-13(3-8-16)20-22-18-11-4-14(21(25)26)12-19(18)23-20/h2-12,24H,1H3,(H,22,23)(H,25,26). The molecule has 152 valence electrons. The summed E-state index contributed by atoms with van der Waals surface area (Å²) in [6.07, 6.45) is 1.09. The van der Waals surface area contributed by atoms with Gasteiger partial charge in [-0.3, -0.25) is 4.72 Å². The lowest BCUT2D eigenvalue weighted by Crippen LogP contribution is -2.09. The van der Waals surface area contributed by atoms with Crippen molar-refractivity contribution in [3.63, 3.8) is 0 Å². The van der Waals surface area contributed by atoms with Gasteiger partial charge in [-0.25, -0.2) is 18.2 Å². The van der Waals surface area contributed by atoms with Crippen molar-refractivity contribution >= 4 is 32.7 Å². The largest absolute Gasteiger partial charge is 0.478 e. The van der Waals surface area contributed by atoms with E-state index in [1.165, 1.54) is 12.1 Å². The number of benzene rings is 3. The molecular formula is C21H17N3O5S. The zero-order chi connectivity index (χ0) is 21.3. The van der Waals surface area contributed by atoms with Crippen molar-refractivity contribution in [2.45, 2.75) is 0 Å². The summed E-state index contributed by atoms with van der Waals surface area (Å²) in [6.45, 7) is 0. The summed E-state index contributed by atoms with van der Waals surface area (Å²) >= 11 is 0. The van der Waals surface area contributed by atoms with Crippen LogP contribution in [0.15, 0.2) is 66.7 Å². The van der Waals surface area contributed by atoms with E-state index in [0.29, 0.717) is 28.5 Å². The van der Waals surface area contributed by atoms with Crippen LogP contribution in [-0.4, -0.2) is 35.7 Å². The molecule has 0 saturated carbocycles. The second-order valence-corrected chi connectivity index (χ2v) is 8.40. The molecule has 0 radical (unpaired) electrons. The zero-order valence-electron chi connectivity index (χ0n) is 15.8. The Morgan fingerprint density at radius 3 is 2.23 bits per heavy atom. The predicted molar refractivity (Wildman–Crippen MR) is 113 cm³/mol. The molecule has 0 unspecified atom stereocenters. The Bertz CT molecular complexity index is 1330. The Kier molecular flexibility index (Phi) is 4.88. The predicted octanol–water partition coefficient (Wildman–Crippen LogP) is 4.09. The summed E-state index contributed by atoms with van der Waals surface area (Å²) in [5.74, 6) is 0.789. The smallest absolute Gasteiger partial charge is 0.335 e. The van der Waals surface area contributed by atoms with Crippen LogP contribution in [0.4, 0.5) is 5.69 Å². The van der Waals surface area contributed by atoms with E-state index >= 15 is 0 Å². The van der Waals surface area contributed by atoms with E-state index in [4.69, 9.17) is 9.84 Å². The molecule has 0 saturated heterocycles. The second kappa shape index (κ2) is 7.53. The Balaban J connectivity index is 1.50. The quantitative estimate of drug-likeness (QED) is 0.429. The first-order valence-corrected chi connectivity index (χ1v) is 10.8. The molecule has 0 aliphatic heterocycles. The molecule has 8 nitrogen and oxygen atoms in total. The number of aromatic amines is 1. The minimum absolute atomic E-state index is 0.182. The van der Waals surface area contributed by atoms with E-state index in [1.807, 2.05) is 12.1 Å². The highest BCUT2D eigenvalue weighted by Gasteiger charge is 2.09. The highest BCUT2D eigenvalue weighted by atomic mass is 32.2. The third kappa shape index (κ3) is 4.41. The van der Waals surface area contributed by atoms with Crippen molar-refractivity contribution < 1.29 is 23.1 Å². The summed E-state index contributed by atoms with van der Waals surface area (Å²) in [5, 5.41) is 9.10. The van der Waals surface area contributed by atoms with E-state index in [9.17, 15) is 13.2 Å². The highest BCUT2D eigenvalue weighted by molar-refractivity contribution is 7.92. The molecule has 0 atom stereocenters. The van der Waals surface area contributed by atoms with Crippen LogP contribution in [0.3, 0.4) is 0 Å². The number of H-pyrrole nitrogens is 1. The number of nitrogens with one attached hydrogen (secondary N) is 2. The van der Waals surface area contributed by atoms with Gasteiger partial charge in [0.25, 0.3) is 0 Å². The van der Waals surface area contributed by atoms with E-state index in [-0.39, 0.29) is 5.56 Å². The van der Waals surface area contributed by atoms with E-state index in [1.54, 1.807) is 42.5 Å². The number of aromatic nitrogens is 2. The number of nitrogens with zero attached hydrogens (tertiary/aromatic N) is 1. The molecule has 4 aromatic rings. The van der Waals surface area contributed by atoms with Crippen molar-refractivity contribution in [1.29, 1.82) is 0 Å². The number of carboxylic acids is 1. The third-order valence-electron chi connectivity index (χ3n) is 4.25. The molecule has 0 spiro atoms. The molecule has 1 heterocycles. The molecule has 9 heteroatoms. The van der Waals surface area contributed by atoms with Crippen LogP contribution in [-0.2, 0) is 10.0 Å². The summed E-state index contributed by atoms with van der Waals surface area (Å²) < 4.78 is 30.7. The lowest BCUT2D eigenvalue weighted by Gasteiger charge is -2.08. The molecular weight excluding hydrogens is 406 g/mol. The number of ether oxygens (including phenoxy) is 1. The molecule has 30 heavy (non-hydrogen) atoms. The van der Waals surface area contributed by atoms with Crippen molar-refractivity contribution in [2.75, 3.05) is 11.0 Å². The molecule has 1 aromatic heterocycles. The first-order valence-electron chi connectivity index (χ1n) is 8.86. The number of hydrogen-bond acceptors (Lipinski definition) is 5. The minimum atomic E-state index is -3.33. The Morgan fingerprint density at radius 2 is 1.63 bits per heavy atom. The number of anilines is 1. The van der Waals surface area contributed by atoms with Crippen molar-refractivity contribution in [3.8, 4) is 22.9 Å². The topological polar surface area (TPSA) is 121 Å². The second-order valence-electron chi connectivity index (χ2n) is 6.65. The average molecular weight is 423 g/mol. The van der Waals surface area contributed by atoms with Crippen LogP contribution < -0.4 is 9.46 Å². The van der Waals surface area contributed by atoms with Gasteiger partial charge in [-0.15, -0.1) is 0 Å². The van der Waals surface area contributed by atoms with Gasteiger partial charge in [0.2, 0.25) is 10.0 Å². The summed E-state index contributed by atoms with van der Waals surface area (Å²) in [4.78, 5) is 18.7. The van der Waals surface area contributed by atoms with Crippen molar-refractivity contribution in [2.24, 2.45) is 0 Å². The van der Waals surface area contributed by atoms with Crippen LogP contribution in [0.1, 0.15) is 10.4 Å². The van der Waals surface area contributed by atoms with Crippen LogP contribution in [0.5, 0.6) is 11.5 Å². The van der Waals surface area contributed by atoms with Gasteiger partial charge in [-0.2, -0.15) is 0 Å².